The van der Waals surface area contributed by atoms with E-state index < -0.39 is 0 Å². The van der Waals surface area contributed by atoms with Crippen molar-refractivity contribution in [3.8, 4) is 0 Å². The van der Waals surface area contributed by atoms with Crippen molar-refractivity contribution >= 4 is 0 Å². The fourth-order valence-corrected chi connectivity index (χ4v) is 2.51. The van der Waals surface area contributed by atoms with Crippen molar-refractivity contribution in [1.29, 1.82) is 0 Å². The van der Waals surface area contributed by atoms with E-state index in [0.717, 1.165) is 19.4 Å². The van der Waals surface area contributed by atoms with Gasteiger partial charge in [-0.15, -0.1) is 0 Å². The maximum absolute atomic E-state index is 9.55. The third-order valence-electron chi connectivity index (χ3n) is 3.65. The minimum Gasteiger partial charge on any atom is -0.395 e. The van der Waals surface area contributed by atoms with Gasteiger partial charge in [0, 0.05) is 12.0 Å². The molecule has 1 aliphatic carbocycles. The van der Waals surface area contributed by atoms with Crippen LogP contribution in [-0.2, 0) is 12.0 Å². The zero-order valence-electron chi connectivity index (χ0n) is 10.2. The highest BCUT2D eigenvalue weighted by Crippen LogP contribution is 2.43. The summed E-state index contributed by atoms with van der Waals surface area (Å²) in [5.74, 6) is 0. The summed E-state index contributed by atoms with van der Waals surface area (Å²) in [6, 6.07) is 8.70. The van der Waals surface area contributed by atoms with Crippen LogP contribution < -0.4 is 0 Å². The molecular weight excluding hydrogens is 198 g/mol. The Hall–Kier alpha value is -0.860. The highest BCUT2D eigenvalue weighted by Gasteiger charge is 2.37. The Labute approximate surface area is 97.9 Å². The van der Waals surface area contributed by atoms with Gasteiger partial charge in [0.05, 0.1) is 6.61 Å². The van der Waals surface area contributed by atoms with E-state index in [4.69, 9.17) is 0 Å². The van der Waals surface area contributed by atoms with E-state index in [1.165, 1.54) is 17.5 Å². The molecule has 0 spiro atoms. The van der Waals surface area contributed by atoms with Crippen molar-refractivity contribution in [2.24, 2.45) is 0 Å². The first-order valence-electron chi connectivity index (χ1n) is 6.01. The van der Waals surface area contributed by atoms with Crippen LogP contribution in [0.5, 0.6) is 0 Å². The van der Waals surface area contributed by atoms with E-state index in [2.05, 4.69) is 43.3 Å². The second-order valence-corrected chi connectivity index (χ2v) is 5.23. The van der Waals surface area contributed by atoms with Crippen molar-refractivity contribution in [2.75, 3.05) is 20.7 Å². The van der Waals surface area contributed by atoms with Crippen LogP contribution in [0.3, 0.4) is 0 Å². The van der Waals surface area contributed by atoms with Crippen molar-refractivity contribution in [1.82, 2.24) is 4.90 Å². The largest absolute Gasteiger partial charge is 0.395 e. The molecule has 1 aromatic rings. The molecule has 1 aromatic carbocycles. The number of benzene rings is 1. The van der Waals surface area contributed by atoms with Gasteiger partial charge in [-0.05, 0) is 38.1 Å². The fraction of sp³-hybridized carbons (Fsp3) is 0.571. The Morgan fingerprint density at radius 3 is 2.56 bits per heavy atom. The zero-order valence-corrected chi connectivity index (χ0v) is 10.2. The second-order valence-electron chi connectivity index (χ2n) is 5.23. The predicted octanol–water partition coefficient (Wildman–Crippen LogP) is 2.16. The summed E-state index contributed by atoms with van der Waals surface area (Å²) in [7, 11) is 4.16. The molecule has 1 fully saturated rings. The summed E-state index contributed by atoms with van der Waals surface area (Å²) >= 11 is 0. The van der Waals surface area contributed by atoms with Crippen molar-refractivity contribution in [2.45, 2.75) is 31.2 Å². The zero-order chi connectivity index (χ0) is 11.6. The summed E-state index contributed by atoms with van der Waals surface area (Å²) in [5.41, 5.74) is 2.73. The highest BCUT2D eigenvalue weighted by molar-refractivity contribution is 5.32. The van der Waals surface area contributed by atoms with Gasteiger partial charge in [-0.25, -0.2) is 0 Å². The molecule has 1 aliphatic rings. The molecule has 2 heteroatoms. The Bertz CT molecular complexity index is 350. The van der Waals surface area contributed by atoms with Crippen LogP contribution in [0.4, 0.5) is 0 Å². The number of rotatable bonds is 4. The minimum atomic E-state index is 0.0717. The number of aliphatic hydroxyl groups is 1. The number of hydrogen-bond donors (Lipinski definition) is 1. The first kappa shape index (κ1) is 11.6. The fourth-order valence-electron chi connectivity index (χ4n) is 2.51. The second kappa shape index (κ2) is 4.56. The minimum absolute atomic E-state index is 0.0717. The molecule has 0 aromatic heterocycles. The van der Waals surface area contributed by atoms with Crippen LogP contribution in [-0.4, -0.2) is 30.7 Å². The van der Waals surface area contributed by atoms with Crippen molar-refractivity contribution in [3.63, 3.8) is 0 Å². The van der Waals surface area contributed by atoms with Crippen molar-refractivity contribution in [3.05, 3.63) is 35.4 Å². The number of hydrogen-bond acceptors (Lipinski definition) is 2. The third-order valence-corrected chi connectivity index (χ3v) is 3.65. The van der Waals surface area contributed by atoms with Gasteiger partial charge in [-0.2, -0.15) is 0 Å². The lowest BCUT2D eigenvalue weighted by Gasteiger charge is -2.41. The summed E-state index contributed by atoms with van der Waals surface area (Å²) in [4.78, 5) is 2.17. The van der Waals surface area contributed by atoms with E-state index in [1.807, 2.05) is 0 Å². The normalized spacial score (nSPS) is 18.5. The molecule has 0 radical (unpaired) electrons. The van der Waals surface area contributed by atoms with Crippen LogP contribution in [0, 0.1) is 0 Å². The Morgan fingerprint density at radius 2 is 2.06 bits per heavy atom. The van der Waals surface area contributed by atoms with E-state index in [1.54, 1.807) is 0 Å². The van der Waals surface area contributed by atoms with Crippen LogP contribution in [0.1, 0.15) is 30.4 Å². The quantitative estimate of drug-likeness (QED) is 0.839. The molecule has 0 unspecified atom stereocenters. The van der Waals surface area contributed by atoms with E-state index >= 15 is 0 Å². The predicted molar refractivity (Wildman–Crippen MR) is 66.4 cm³/mol. The van der Waals surface area contributed by atoms with Gasteiger partial charge >= 0.3 is 0 Å². The number of nitrogens with zero attached hydrogens (tertiary/aromatic N) is 1. The van der Waals surface area contributed by atoms with Gasteiger partial charge < -0.3 is 10.0 Å². The Balaban J connectivity index is 2.21. The van der Waals surface area contributed by atoms with Crippen LogP contribution in [0.2, 0.25) is 0 Å². The van der Waals surface area contributed by atoms with Crippen LogP contribution >= 0.6 is 0 Å². The lowest BCUT2D eigenvalue weighted by atomic mass is 9.65. The SMILES string of the molecule is CN(C)Cc1cccc(C2(CO)CCC2)c1. The first-order valence-corrected chi connectivity index (χ1v) is 6.01. The average molecular weight is 219 g/mol. The van der Waals surface area contributed by atoms with Gasteiger partial charge in [0.15, 0.2) is 0 Å². The van der Waals surface area contributed by atoms with Crippen LogP contribution in [0.25, 0.3) is 0 Å². The third kappa shape index (κ3) is 2.13. The molecule has 16 heavy (non-hydrogen) atoms. The Kier molecular flexibility index (Phi) is 3.31. The molecule has 2 nitrogen and oxygen atoms in total. The summed E-state index contributed by atoms with van der Waals surface area (Å²) < 4.78 is 0. The standard InChI is InChI=1S/C14H21NO/c1-15(2)10-12-5-3-6-13(9-12)14(11-16)7-4-8-14/h3,5-6,9,16H,4,7-8,10-11H2,1-2H3. The van der Waals surface area contributed by atoms with Gasteiger partial charge in [-0.1, -0.05) is 30.7 Å². The van der Waals surface area contributed by atoms with E-state index in [-0.39, 0.29) is 5.41 Å². The molecule has 0 atom stereocenters. The summed E-state index contributed by atoms with van der Waals surface area (Å²) in [6.45, 7) is 1.26. The number of aliphatic hydroxyl groups excluding tert-OH is 1. The maximum Gasteiger partial charge on any atom is 0.0527 e. The van der Waals surface area contributed by atoms with Gasteiger partial charge in [0.1, 0.15) is 0 Å². The highest BCUT2D eigenvalue weighted by atomic mass is 16.3. The topological polar surface area (TPSA) is 23.5 Å². The molecule has 88 valence electrons. The average Bonchev–Trinajstić information content (AvgIpc) is 2.16. The van der Waals surface area contributed by atoms with E-state index in [9.17, 15) is 5.11 Å². The van der Waals surface area contributed by atoms with E-state index in [0.29, 0.717) is 6.61 Å². The van der Waals surface area contributed by atoms with Crippen molar-refractivity contribution < 1.29 is 5.11 Å². The molecule has 0 heterocycles. The molecule has 0 aliphatic heterocycles. The molecule has 2 rings (SSSR count). The molecular formula is C14H21NO. The Morgan fingerprint density at radius 1 is 1.31 bits per heavy atom. The monoisotopic (exact) mass is 219 g/mol. The van der Waals surface area contributed by atoms with Gasteiger partial charge in [0.25, 0.3) is 0 Å². The van der Waals surface area contributed by atoms with Crippen LogP contribution in [0.15, 0.2) is 24.3 Å². The van der Waals surface area contributed by atoms with Gasteiger partial charge in [-0.3, -0.25) is 0 Å². The van der Waals surface area contributed by atoms with Gasteiger partial charge in [0.2, 0.25) is 0 Å². The molecule has 0 bridgehead atoms. The lowest BCUT2D eigenvalue weighted by molar-refractivity contribution is 0.120. The lowest BCUT2D eigenvalue weighted by Crippen LogP contribution is -2.38. The maximum atomic E-state index is 9.55. The molecule has 1 saturated carbocycles. The molecule has 0 saturated heterocycles. The molecule has 0 amide bonds. The smallest absolute Gasteiger partial charge is 0.0527 e. The first-order chi connectivity index (χ1) is 7.66. The molecule has 1 N–H and O–H groups in total. The summed E-state index contributed by atoms with van der Waals surface area (Å²) in [6.07, 6.45) is 3.52. The summed E-state index contributed by atoms with van der Waals surface area (Å²) in [5, 5.41) is 9.55.